The zero-order chi connectivity index (χ0) is 24.5. The highest BCUT2D eigenvalue weighted by Gasteiger charge is 2.14. The molecule has 0 saturated heterocycles. The maximum Gasteiger partial charge on any atom is 0.251 e. The Balaban J connectivity index is 1.57. The predicted molar refractivity (Wildman–Crippen MR) is 130 cm³/mol. The van der Waals surface area contributed by atoms with Crippen LogP contribution in [0.5, 0.6) is 0 Å². The number of anilines is 4. The first-order valence-electron chi connectivity index (χ1n) is 10.3. The lowest BCUT2D eigenvalue weighted by Gasteiger charge is -2.17. The van der Waals surface area contributed by atoms with E-state index in [0.29, 0.717) is 41.6 Å². The molecule has 0 atom stereocenters. The van der Waals surface area contributed by atoms with Crippen LogP contribution in [0.1, 0.15) is 16.8 Å². The van der Waals surface area contributed by atoms with Gasteiger partial charge < -0.3 is 20.9 Å². The first kappa shape index (κ1) is 24.6. The lowest BCUT2D eigenvalue weighted by molar-refractivity contribution is -0.113. The number of halogens is 2. The van der Waals surface area contributed by atoms with E-state index in [0.717, 1.165) is 11.0 Å². The van der Waals surface area contributed by atoms with Gasteiger partial charge in [-0.15, -0.1) is 0 Å². The average Bonchev–Trinajstić information content (AvgIpc) is 2.86. The van der Waals surface area contributed by atoms with Crippen LogP contribution in [0.25, 0.3) is 0 Å². The smallest absolute Gasteiger partial charge is 0.251 e. The maximum atomic E-state index is 14.2. The molecule has 0 aliphatic heterocycles. The van der Waals surface area contributed by atoms with Gasteiger partial charge in [-0.3, -0.25) is 14.6 Å². The highest BCUT2D eigenvalue weighted by Crippen LogP contribution is 2.26. The van der Waals surface area contributed by atoms with Crippen molar-refractivity contribution in [2.75, 3.05) is 35.7 Å². The van der Waals surface area contributed by atoms with Gasteiger partial charge in [0.25, 0.3) is 5.91 Å². The summed E-state index contributed by atoms with van der Waals surface area (Å²) in [4.78, 5) is 37.4. The van der Waals surface area contributed by atoms with E-state index >= 15 is 0 Å². The molecule has 1 aromatic carbocycles. The van der Waals surface area contributed by atoms with Gasteiger partial charge in [-0.1, -0.05) is 18.2 Å². The topological polar surface area (TPSA) is 112 Å². The van der Waals surface area contributed by atoms with Gasteiger partial charge in [0.1, 0.15) is 16.7 Å². The van der Waals surface area contributed by atoms with Crippen LogP contribution in [0.15, 0.2) is 61.6 Å². The van der Waals surface area contributed by atoms with Crippen molar-refractivity contribution in [3.05, 3.63) is 78.0 Å². The fraction of sp³-hybridized carbons (Fsp3) is 0.174. The van der Waals surface area contributed by atoms with Crippen LogP contribution < -0.4 is 20.9 Å². The summed E-state index contributed by atoms with van der Waals surface area (Å²) in [6.07, 6.45) is 6.29. The molecule has 176 valence electrons. The quantitative estimate of drug-likeness (QED) is 0.297. The number of nitrogens with one attached hydrogen (secondary N) is 3. The van der Waals surface area contributed by atoms with Crippen LogP contribution in [0.3, 0.4) is 0 Å². The number of pyridine rings is 1. The molecule has 3 aromatic rings. The Morgan fingerprint density at radius 2 is 1.97 bits per heavy atom. The summed E-state index contributed by atoms with van der Waals surface area (Å²) < 4.78 is 14.2. The number of rotatable bonds is 10. The van der Waals surface area contributed by atoms with Crippen molar-refractivity contribution in [2.45, 2.75) is 6.42 Å². The number of carbonyl (C=O) groups excluding carboxylic acids is 2. The largest absolute Gasteiger partial charge is 0.369 e. The number of likely N-dealkylation sites (N-methyl/N-ethyl adjacent to an activating group) is 1. The standard InChI is InChI=1S/C23H23ClFN7O2/c1-3-20(33)32(2)19-13-16(5-6-18(19)25)30-23-29-14-17(24)21(31-23)27-9-4-10-28-22(34)15-7-11-26-12-8-15/h3,5-8,11-14H,1,4,9-10H2,2H3,(H,28,34)(H2,27,29,30,31). The van der Waals surface area contributed by atoms with Crippen molar-refractivity contribution >= 4 is 46.6 Å². The third-order valence-corrected chi connectivity index (χ3v) is 4.96. The van der Waals surface area contributed by atoms with Crippen molar-refractivity contribution in [1.82, 2.24) is 20.3 Å². The number of hydrogen-bond acceptors (Lipinski definition) is 7. The molecule has 3 rings (SSSR count). The van der Waals surface area contributed by atoms with E-state index in [9.17, 15) is 14.0 Å². The number of amides is 2. The summed E-state index contributed by atoms with van der Waals surface area (Å²) in [6.45, 7) is 4.37. The van der Waals surface area contributed by atoms with Gasteiger partial charge in [0, 0.05) is 43.8 Å². The van der Waals surface area contributed by atoms with Crippen molar-refractivity contribution < 1.29 is 14.0 Å². The van der Waals surface area contributed by atoms with Crippen LogP contribution in [-0.2, 0) is 4.79 Å². The van der Waals surface area contributed by atoms with Gasteiger partial charge in [0.05, 0.1) is 11.9 Å². The van der Waals surface area contributed by atoms with E-state index in [1.54, 1.807) is 24.5 Å². The van der Waals surface area contributed by atoms with E-state index in [1.807, 2.05) is 0 Å². The summed E-state index contributed by atoms with van der Waals surface area (Å²) in [7, 11) is 1.45. The molecule has 2 heterocycles. The number of aromatic nitrogens is 3. The zero-order valence-corrected chi connectivity index (χ0v) is 19.1. The van der Waals surface area contributed by atoms with E-state index in [-0.39, 0.29) is 17.5 Å². The molecule has 0 fully saturated rings. The van der Waals surface area contributed by atoms with E-state index in [2.05, 4.69) is 37.5 Å². The Labute approximate surface area is 201 Å². The Morgan fingerprint density at radius 1 is 1.21 bits per heavy atom. The van der Waals surface area contributed by atoms with Gasteiger partial charge in [-0.2, -0.15) is 4.98 Å². The van der Waals surface area contributed by atoms with E-state index < -0.39 is 11.7 Å². The van der Waals surface area contributed by atoms with Crippen molar-refractivity contribution in [3.8, 4) is 0 Å². The molecule has 0 saturated carbocycles. The molecule has 0 unspecified atom stereocenters. The summed E-state index contributed by atoms with van der Waals surface area (Å²) in [6, 6.07) is 7.49. The van der Waals surface area contributed by atoms with Crippen LogP contribution >= 0.6 is 11.6 Å². The second-order valence-electron chi connectivity index (χ2n) is 7.05. The van der Waals surface area contributed by atoms with Crippen LogP contribution in [0.4, 0.5) is 27.5 Å². The fourth-order valence-electron chi connectivity index (χ4n) is 2.89. The molecule has 2 amide bonds. The van der Waals surface area contributed by atoms with E-state index in [4.69, 9.17) is 11.6 Å². The fourth-order valence-corrected chi connectivity index (χ4v) is 3.04. The number of benzene rings is 1. The molecule has 0 aliphatic rings. The minimum Gasteiger partial charge on any atom is -0.369 e. The number of hydrogen-bond donors (Lipinski definition) is 3. The Kier molecular flexibility index (Phi) is 8.47. The summed E-state index contributed by atoms with van der Waals surface area (Å²) in [5.41, 5.74) is 1.10. The van der Waals surface area contributed by atoms with Crippen molar-refractivity contribution in [3.63, 3.8) is 0 Å². The Morgan fingerprint density at radius 3 is 2.71 bits per heavy atom. The van der Waals surface area contributed by atoms with Gasteiger partial charge in [0.2, 0.25) is 11.9 Å². The molecule has 0 spiro atoms. The van der Waals surface area contributed by atoms with Crippen LogP contribution in [0, 0.1) is 5.82 Å². The summed E-state index contributed by atoms with van der Waals surface area (Å²) in [5.74, 6) is -0.539. The maximum absolute atomic E-state index is 14.2. The summed E-state index contributed by atoms with van der Waals surface area (Å²) in [5, 5.41) is 9.22. The number of nitrogens with zero attached hydrogens (tertiary/aromatic N) is 4. The third-order valence-electron chi connectivity index (χ3n) is 4.69. The van der Waals surface area contributed by atoms with Crippen molar-refractivity contribution in [2.24, 2.45) is 0 Å². The van der Waals surface area contributed by atoms with E-state index in [1.165, 1.54) is 31.4 Å². The molecule has 2 aromatic heterocycles. The highest BCUT2D eigenvalue weighted by atomic mass is 35.5. The lowest BCUT2D eigenvalue weighted by atomic mass is 10.2. The van der Waals surface area contributed by atoms with Gasteiger partial charge in [-0.05, 0) is 42.8 Å². The Bertz CT molecular complexity index is 1180. The molecule has 9 nitrogen and oxygen atoms in total. The van der Waals surface area contributed by atoms with Crippen LogP contribution in [0.2, 0.25) is 5.02 Å². The van der Waals surface area contributed by atoms with Crippen molar-refractivity contribution in [1.29, 1.82) is 0 Å². The molecular formula is C23H23ClFN7O2. The normalized spacial score (nSPS) is 10.3. The first-order valence-corrected chi connectivity index (χ1v) is 10.7. The predicted octanol–water partition coefficient (Wildman–Crippen LogP) is 3.79. The number of carbonyl (C=O) groups is 2. The second-order valence-corrected chi connectivity index (χ2v) is 7.46. The van der Waals surface area contributed by atoms with Crippen LogP contribution in [-0.4, -0.2) is 46.9 Å². The molecule has 0 bridgehead atoms. The average molecular weight is 484 g/mol. The highest BCUT2D eigenvalue weighted by molar-refractivity contribution is 6.32. The molecular weight excluding hydrogens is 461 g/mol. The lowest BCUT2D eigenvalue weighted by Crippen LogP contribution is -2.25. The third kappa shape index (κ3) is 6.48. The zero-order valence-electron chi connectivity index (χ0n) is 18.4. The Hall–Kier alpha value is -4.05. The molecule has 11 heteroatoms. The van der Waals surface area contributed by atoms with Gasteiger partial charge in [-0.25, -0.2) is 9.37 Å². The van der Waals surface area contributed by atoms with Gasteiger partial charge >= 0.3 is 0 Å². The molecule has 34 heavy (non-hydrogen) atoms. The molecule has 3 N–H and O–H groups in total. The first-order chi connectivity index (χ1) is 16.4. The minimum absolute atomic E-state index is 0.0797. The minimum atomic E-state index is -0.557. The molecule has 0 radical (unpaired) electrons. The van der Waals surface area contributed by atoms with Gasteiger partial charge in [0.15, 0.2) is 0 Å². The second kappa shape index (κ2) is 11.7. The monoisotopic (exact) mass is 483 g/mol. The molecule has 0 aliphatic carbocycles. The summed E-state index contributed by atoms with van der Waals surface area (Å²) >= 11 is 6.19. The SMILES string of the molecule is C=CC(=O)N(C)c1cc(Nc2ncc(Cl)c(NCCCNC(=O)c3ccncc3)n2)ccc1F.